The number of carbonyl (C=O) groups excluding carboxylic acids is 2. The summed E-state index contributed by atoms with van der Waals surface area (Å²) >= 11 is 0. The van der Waals surface area contributed by atoms with Gasteiger partial charge in [0.1, 0.15) is 34.2 Å². The highest BCUT2D eigenvalue weighted by atomic mass is 19.1. The molecule has 0 saturated heterocycles. The van der Waals surface area contributed by atoms with Crippen LogP contribution in [-0.4, -0.2) is 32.2 Å². The first-order chi connectivity index (χ1) is 16.9. The molecule has 1 saturated carbocycles. The fourth-order valence-corrected chi connectivity index (χ4v) is 3.44. The predicted molar refractivity (Wildman–Crippen MR) is 121 cm³/mol. The van der Waals surface area contributed by atoms with E-state index in [4.69, 9.17) is 4.74 Å². The van der Waals surface area contributed by atoms with Crippen LogP contribution in [0.15, 0.2) is 67.0 Å². The van der Waals surface area contributed by atoms with Gasteiger partial charge in [-0.05, 0) is 55.3 Å². The van der Waals surface area contributed by atoms with E-state index in [1.54, 1.807) is 12.1 Å². The van der Waals surface area contributed by atoms with Gasteiger partial charge in [0.05, 0.1) is 17.6 Å². The van der Waals surface area contributed by atoms with Crippen molar-refractivity contribution in [1.82, 2.24) is 20.4 Å². The molecule has 35 heavy (non-hydrogen) atoms. The molecule has 2 aromatic heterocycles. The summed E-state index contributed by atoms with van der Waals surface area (Å²) in [6.07, 6.45) is 3.68. The highest BCUT2D eigenvalue weighted by molar-refractivity contribution is 6.16. The SMILES string of the molecule is O=C(Nc1ccc(F)cc1)C1(C(=O)Nc2ccc(Oc3ccnc(-c4cn[nH]n4)c3)cc2F)CC1. The van der Waals surface area contributed by atoms with E-state index in [2.05, 4.69) is 31.0 Å². The Balaban J connectivity index is 1.25. The van der Waals surface area contributed by atoms with E-state index < -0.39 is 28.9 Å². The number of nitrogens with one attached hydrogen (secondary N) is 3. The first-order valence-electron chi connectivity index (χ1n) is 10.6. The molecule has 1 aliphatic carbocycles. The summed E-state index contributed by atoms with van der Waals surface area (Å²) in [6, 6.07) is 12.4. The lowest BCUT2D eigenvalue weighted by molar-refractivity contribution is -0.131. The van der Waals surface area contributed by atoms with E-state index in [1.165, 1.54) is 48.8 Å². The minimum Gasteiger partial charge on any atom is -0.457 e. The summed E-state index contributed by atoms with van der Waals surface area (Å²) in [5.74, 6) is -1.70. The van der Waals surface area contributed by atoms with E-state index in [1.807, 2.05) is 0 Å². The molecule has 0 atom stereocenters. The summed E-state index contributed by atoms with van der Waals surface area (Å²) in [7, 11) is 0. The molecule has 9 nitrogen and oxygen atoms in total. The predicted octanol–water partition coefficient (Wildman–Crippen LogP) is 4.29. The maximum absolute atomic E-state index is 14.7. The van der Waals surface area contributed by atoms with Gasteiger partial charge in [0.25, 0.3) is 0 Å². The number of hydrogen-bond donors (Lipinski definition) is 3. The molecule has 0 aliphatic heterocycles. The average molecular weight is 476 g/mol. The number of ether oxygens (including phenoxy) is 1. The lowest BCUT2D eigenvalue weighted by atomic mass is 10.0. The topological polar surface area (TPSA) is 122 Å². The largest absolute Gasteiger partial charge is 0.457 e. The Morgan fingerprint density at radius 3 is 2.34 bits per heavy atom. The third-order valence-electron chi connectivity index (χ3n) is 5.55. The summed E-state index contributed by atoms with van der Waals surface area (Å²) in [6.45, 7) is 0. The van der Waals surface area contributed by atoms with Crippen LogP contribution in [-0.2, 0) is 9.59 Å². The van der Waals surface area contributed by atoms with Crippen molar-refractivity contribution >= 4 is 23.2 Å². The highest BCUT2D eigenvalue weighted by Crippen LogP contribution is 2.47. The third kappa shape index (κ3) is 4.69. The average Bonchev–Trinajstić information content (AvgIpc) is 3.49. The van der Waals surface area contributed by atoms with Crippen LogP contribution in [0.3, 0.4) is 0 Å². The fourth-order valence-electron chi connectivity index (χ4n) is 3.44. The molecule has 2 heterocycles. The first-order valence-corrected chi connectivity index (χ1v) is 10.6. The molecule has 2 amide bonds. The van der Waals surface area contributed by atoms with Gasteiger partial charge in [-0.2, -0.15) is 15.4 Å². The van der Waals surface area contributed by atoms with Gasteiger partial charge < -0.3 is 15.4 Å². The second-order valence-corrected chi connectivity index (χ2v) is 7.97. The van der Waals surface area contributed by atoms with Crippen LogP contribution in [0.5, 0.6) is 11.5 Å². The Bertz CT molecular complexity index is 1390. The van der Waals surface area contributed by atoms with Gasteiger partial charge in [-0.1, -0.05) is 0 Å². The molecule has 1 fully saturated rings. The molecule has 176 valence electrons. The number of nitrogens with zero attached hydrogens (tertiary/aromatic N) is 3. The number of halogens is 2. The fraction of sp³-hybridized carbons (Fsp3) is 0.125. The van der Waals surface area contributed by atoms with Crippen LogP contribution in [0.2, 0.25) is 0 Å². The number of aromatic amines is 1. The molecule has 11 heteroatoms. The van der Waals surface area contributed by atoms with Crippen molar-refractivity contribution in [1.29, 1.82) is 0 Å². The normalized spacial score (nSPS) is 13.7. The number of amides is 2. The van der Waals surface area contributed by atoms with E-state index in [-0.39, 0.29) is 11.4 Å². The second kappa shape index (κ2) is 8.93. The zero-order chi connectivity index (χ0) is 24.4. The zero-order valence-electron chi connectivity index (χ0n) is 18.1. The minimum absolute atomic E-state index is 0.0822. The van der Waals surface area contributed by atoms with Gasteiger partial charge in [0.2, 0.25) is 11.8 Å². The minimum atomic E-state index is -1.30. The van der Waals surface area contributed by atoms with Gasteiger partial charge in [0.15, 0.2) is 0 Å². The molecular formula is C24H18F2N6O3. The third-order valence-corrected chi connectivity index (χ3v) is 5.55. The maximum atomic E-state index is 14.7. The van der Waals surface area contributed by atoms with Crippen LogP contribution >= 0.6 is 0 Å². The van der Waals surface area contributed by atoms with Crippen molar-refractivity contribution in [2.45, 2.75) is 12.8 Å². The van der Waals surface area contributed by atoms with Crippen LogP contribution in [0, 0.1) is 17.0 Å². The number of rotatable bonds is 7. The molecule has 0 radical (unpaired) electrons. The lowest BCUT2D eigenvalue weighted by Gasteiger charge is -2.16. The zero-order valence-corrected chi connectivity index (χ0v) is 18.1. The first kappa shape index (κ1) is 22.1. The summed E-state index contributed by atoms with van der Waals surface area (Å²) in [4.78, 5) is 29.7. The number of anilines is 2. The summed E-state index contributed by atoms with van der Waals surface area (Å²) in [5, 5.41) is 15.3. The number of carbonyl (C=O) groups is 2. The Labute approximate surface area is 197 Å². The van der Waals surface area contributed by atoms with Gasteiger partial charge in [-0.3, -0.25) is 14.6 Å². The highest BCUT2D eigenvalue weighted by Gasteiger charge is 2.56. The Hall–Kier alpha value is -4.67. The number of hydrogen-bond acceptors (Lipinski definition) is 6. The number of H-pyrrole nitrogens is 1. The molecular weight excluding hydrogens is 458 g/mol. The van der Waals surface area contributed by atoms with Crippen molar-refractivity contribution in [2.75, 3.05) is 10.6 Å². The Kier molecular flexibility index (Phi) is 5.65. The van der Waals surface area contributed by atoms with Crippen molar-refractivity contribution in [2.24, 2.45) is 5.41 Å². The van der Waals surface area contributed by atoms with Crippen molar-refractivity contribution in [3.8, 4) is 22.9 Å². The standard InChI is InChI=1S/C24H18F2N6O3/c25-14-1-3-15(4-2-14)29-22(33)24(8-9-24)23(34)30-19-6-5-16(11-18(19)26)35-17-7-10-27-20(12-17)21-13-28-32-31-21/h1-7,10-13H,8-9H2,(H,29,33)(H,30,34)(H,28,31,32). The molecule has 4 aromatic rings. The van der Waals surface area contributed by atoms with E-state index in [0.29, 0.717) is 35.7 Å². The second-order valence-electron chi connectivity index (χ2n) is 7.97. The van der Waals surface area contributed by atoms with Crippen LogP contribution < -0.4 is 15.4 Å². The smallest absolute Gasteiger partial charge is 0.240 e. The molecule has 1 aliphatic rings. The summed E-state index contributed by atoms with van der Waals surface area (Å²) in [5.41, 5.74) is 0.0310. The van der Waals surface area contributed by atoms with Gasteiger partial charge >= 0.3 is 0 Å². The van der Waals surface area contributed by atoms with E-state index in [0.717, 1.165) is 6.07 Å². The molecule has 2 aromatic carbocycles. The quantitative estimate of drug-likeness (QED) is 0.342. The van der Waals surface area contributed by atoms with Crippen LogP contribution in [0.4, 0.5) is 20.2 Å². The van der Waals surface area contributed by atoms with Gasteiger partial charge in [0, 0.05) is 24.0 Å². The van der Waals surface area contributed by atoms with Gasteiger partial charge in [-0.25, -0.2) is 8.78 Å². The van der Waals surface area contributed by atoms with Crippen LogP contribution in [0.25, 0.3) is 11.4 Å². The van der Waals surface area contributed by atoms with E-state index >= 15 is 0 Å². The maximum Gasteiger partial charge on any atom is 0.240 e. The molecule has 3 N–H and O–H groups in total. The number of pyridine rings is 1. The van der Waals surface area contributed by atoms with Crippen molar-refractivity contribution < 1.29 is 23.1 Å². The lowest BCUT2D eigenvalue weighted by Crippen LogP contribution is -2.35. The van der Waals surface area contributed by atoms with Crippen molar-refractivity contribution in [3.63, 3.8) is 0 Å². The van der Waals surface area contributed by atoms with Crippen molar-refractivity contribution in [3.05, 3.63) is 78.6 Å². The molecule has 0 unspecified atom stereocenters. The number of aromatic nitrogens is 4. The molecule has 0 spiro atoms. The monoisotopic (exact) mass is 476 g/mol. The van der Waals surface area contributed by atoms with Gasteiger partial charge in [-0.15, -0.1) is 0 Å². The Morgan fingerprint density at radius 1 is 0.914 bits per heavy atom. The Morgan fingerprint density at radius 2 is 1.66 bits per heavy atom. The summed E-state index contributed by atoms with van der Waals surface area (Å²) < 4.78 is 33.5. The molecule has 0 bridgehead atoms. The molecule has 5 rings (SSSR count). The van der Waals surface area contributed by atoms with Crippen LogP contribution in [0.1, 0.15) is 12.8 Å². The number of benzene rings is 2. The van der Waals surface area contributed by atoms with E-state index in [9.17, 15) is 18.4 Å².